The van der Waals surface area contributed by atoms with Crippen LogP contribution < -0.4 is 5.32 Å². The molecule has 0 aliphatic carbocycles. The standard InChI is InChI=1S/C19H16N4O/c1-12-5-6-21-11-17(12)15-7-14(10-20)8-16(9-15)19(24)23-18-4-3-13(2)22-18/h3,5-9,11H,4H2,1-2H3,(H,22,23,24). The topological polar surface area (TPSA) is 78.1 Å². The highest BCUT2D eigenvalue weighted by molar-refractivity contribution is 6.08. The third-order valence-corrected chi connectivity index (χ3v) is 3.83. The average Bonchev–Trinajstić information content (AvgIpc) is 2.99. The van der Waals surface area contributed by atoms with Crippen LogP contribution in [0.5, 0.6) is 0 Å². The molecule has 0 spiro atoms. The second-order valence-electron chi connectivity index (χ2n) is 5.66. The Morgan fingerprint density at radius 3 is 2.79 bits per heavy atom. The Labute approximate surface area is 140 Å². The number of hydrogen-bond donors (Lipinski definition) is 1. The molecule has 1 aromatic heterocycles. The first-order valence-electron chi connectivity index (χ1n) is 7.58. The molecule has 1 amide bonds. The van der Waals surface area contributed by atoms with Crippen molar-refractivity contribution in [2.75, 3.05) is 0 Å². The van der Waals surface area contributed by atoms with Gasteiger partial charge in [-0.15, -0.1) is 0 Å². The predicted molar refractivity (Wildman–Crippen MR) is 92.4 cm³/mol. The summed E-state index contributed by atoms with van der Waals surface area (Å²) in [4.78, 5) is 20.9. The molecule has 1 aliphatic heterocycles. The molecule has 2 heterocycles. The van der Waals surface area contributed by atoms with E-state index in [0.29, 0.717) is 23.4 Å². The fraction of sp³-hybridized carbons (Fsp3) is 0.158. The van der Waals surface area contributed by atoms with Crippen LogP contribution in [0.3, 0.4) is 0 Å². The van der Waals surface area contributed by atoms with E-state index in [4.69, 9.17) is 0 Å². The molecular weight excluding hydrogens is 300 g/mol. The SMILES string of the molecule is CC1=CCC(NC(=O)c2cc(C#N)cc(-c3cnccc3C)c2)=N1. The summed E-state index contributed by atoms with van der Waals surface area (Å²) in [6.45, 7) is 3.86. The van der Waals surface area contributed by atoms with E-state index < -0.39 is 0 Å². The zero-order valence-corrected chi connectivity index (χ0v) is 13.5. The zero-order chi connectivity index (χ0) is 17.1. The van der Waals surface area contributed by atoms with Gasteiger partial charge in [0.05, 0.1) is 11.6 Å². The number of pyridine rings is 1. The fourth-order valence-electron chi connectivity index (χ4n) is 2.58. The number of nitrogens with zero attached hydrogens (tertiary/aromatic N) is 3. The van der Waals surface area contributed by atoms with Gasteiger partial charge in [0.15, 0.2) is 0 Å². The lowest BCUT2D eigenvalue weighted by molar-refractivity contribution is 0.0976. The first kappa shape index (κ1) is 15.6. The van der Waals surface area contributed by atoms with Crippen LogP contribution in [0.2, 0.25) is 0 Å². The van der Waals surface area contributed by atoms with Crippen molar-refractivity contribution in [3.63, 3.8) is 0 Å². The van der Waals surface area contributed by atoms with Gasteiger partial charge in [-0.1, -0.05) is 6.08 Å². The van der Waals surface area contributed by atoms with E-state index in [0.717, 1.165) is 22.4 Å². The summed E-state index contributed by atoms with van der Waals surface area (Å²) in [5, 5.41) is 12.1. The molecule has 1 aromatic carbocycles. The van der Waals surface area contributed by atoms with Gasteiger partial charge in [0.1, 0.15) is 5.84 Å². The highest BCUT2D eigenvalue weighted by atomic mass is 16.1. The number of aromatic nitrogens is 1. The number of carbonyl (C=O) groups excluding carboxylic acids is 1. The first-order chi connectivity index (χ1) is 11.6. The number of benzene rings is 1. The lowest BCUT2D eigenvalue weighted by Gasteiger charge is -2.09. The van der Waals surface area contributed by atoms with Crippen molar-refractivity contribution in [3.05, 3.63) is 65.1 Å². The Balaban J connectivity index is 1.96. The summed E-state index contributed by atoms with van der Waals surface area (Å²) < 4.78 is 0. The van der Waals surface area contributed by atoms with Crippen LogP contribution in [0.4, 0.5) is 0 Å². The Kier molecular flexibility index (Phi) is 4.21. The molecule has 0 saturated heterocycles. The largest absolute Gasteiger partial charge is 0.310 e. The van der Waals surface area contributed by atoms with Crippen molar-refractivity contribution in [3.8, 4) is 17.2 Å². The highest BCUT2D eigenvalue weighted by Crippen LogP contribution is 2.25. The molecule has 1 N–H and O–H groups in total. The maximum Gasteiger partial charge on any atom is 0.256 e. The lowest BCUT2D eigenvalue weighted by atomic mass is 9.98. The van der Waals surface area contributed by atoms with Crippen LogP contribution >= 0.6 is 0 Å². The molecular formula is C19H16N4O. The number of nitriles is 1. The van der Waals surface area contributed by atoms with Crippen molar-refractivity contribution in [2.24, 2.45) is 4.99 Å². The van der Waals surface area contributed by atoms with Crippen LogP contribution in [0.25, 0.3) is 11.1 Å². The van der Waals surface area contributed by atoms with Gasteiger partial charge >= 0.3 is 0 Å². The minimum Gasteiger partial charge on any atom is -0.310 e. The normalized spacial score (nSPS) is 13.0. The minimum absolute atomic E-state index is 0.267. The van der Waals surface area contributed by atoms with E-state index in [9.17, 15) is 10.1 Å². The number of allylic oxidation sites excluding steroid dienone is 1. The Bertz CT molecular complexity index is 919. The molecule has 118 valence electrons. The van der Waals surface area contributed by atoms with Crippen LogP contribution in [-0.4, -0.2) is 16.7 Å². The molecule has 0 bridgehead atoms. The molecule has 5 nitrogen and oxygen atoms in total. The van der Waals surface area contributed by atoms with Gasteiger partial charge in [0, 0.05) is 35.6 Å². The van der Waals surface area contributed by atoms with Crippen LogP contribution in [0.1, 0.15) is 34.8 Å². The highest BCUT2D eigenvalue weighted by Gasteiger charge is 2.14. The van der Waals surface area contributed by atoms with Gasteiger partial charge in [-0.25, -0.2) is 4.99 Å². The average molecular weight is 316 g/mol. The molecule has 3 rings (SSSR count). The molecule has 0 unspecified atom stereocenters. The Morgan fingerprint density at radius 2 is 2.12 bits per heavy atom. The van der Waals surface area contributed by atoms with Crippen molar-refractivity contribution >= 4 is 11.7 Å². The van der Waals surface area contributed by atoms with Gasteiger partial charge in [0.25, 0.3) is 5.91 Å². The quantitative estimate of drug-likeness (QED) is 0.922. The number of aryl methyl sites for hydroxylation is 1. The number of hydrogen-bond acceptors (Lipinski definition) is 4. The smallest absolute Gasteiger partial charge is 0.256 e. The number of rotatable bonds is 2. The van der Waals surface area contributed by atoms with Gasteiger partial charge in [-0.3, -0.25) is 9.78 Å². The monoisotopic (exact) mass is 316 g/mol. The molecule has 24 heavy (non-hydrogen) atoms. The second-order valence-corrected chi connectivity index (χ2v) is 5.66. The number of amidine groups is 1. The molecule has 2 aromatic rings. The molecule has 0 saturated carbocycles. The third-order valence-electron chi connectivity index (χ3n) is 3.83. The number of nitrogens with one attached hydrogen (secondary N) is 1. The van der Waals surface area contributed by atoms with E-state index in [1.165, 1.54) is 0 Å². The summed E-state index contributed by atoms with van der Waals surface area (Å²) >= 11 is 0. The summed E-state index contributed by atoms with van der Waals surface area (Å²) in [7, 11) is 0. The molecule has 0 atom stereocenters. The van der Waals surface area contributed by atoms with Crippen LogP contribution in [0.15, 0.2) is 53.4 Å². The Morgan fingerprint density at radius 1 is 1.29 bits per heavy atom. The number of amides is 1. The van der Waals surface area contributed by atoms with E-state index >= 15 is 0 Å². The summed E-state index contributed by atoms with van der Waals surface area (Å²) in [5.74, 6) is 0.357. The summed E-state index contributed by atoms with van der Waals surface area (Å²) in [6.07, 6.45) is 6.02. The van der Waals surface area contributed by atoms with Gasteiger partial charge < -0.3 is 5.32 Å². The molecule has 1 aliphatic rings. The van der Waals surface area contributed by atoms with Crippen LogP contribution in [-0.2, 0) is 0 Å². The van der Waals surface area contributed by atoms with Crippen molar-refractivity contribution in [1.29, 1.82) is 5.26 Å². The maximum atomic E-state index is 12.5. The second kappa shape index (κ2) is 6.47. The van der Waals surface area contributed by atoms with E-state index in [1.807, 2.05) is 26.0 Å². The van der Waals surface area contributed by atoms with E-state index in [1.54, 1.807) is 30.6 Å². The van der Waals surface area contributed by atoms with Gasteiger partial charge in [0.2, 0.25) is 0 Å². The first-order valence-corrected chi connectivity index (χ1v) is 7.58. The summed E-state index contributed by atoms with van der Waals surface area (Å²) in [6, 6.07) is 9.13. The zero-order valence-electron chi connectivity index (χ0n) is 13.5. The van der Waals surface area contributed by atoms with Gasteiger partial charge in [-0.05, 0) is 49.2 Å². The van der Waals surface area contributed by atoms with Crippen molar-refractivity contribution in [1.82, 2.24) is 10.3 Å². The fourth-order valence-corrected chi connectivity index (χ4v) is 2.58. The number of carbonyl (C=O) groups is 1. The van der Waals surface area contributed by atoms with Gasteiger partial charge in [-0.2, -0.15) is 5.26 Å². The summed E-state index contributed by atoms with van der Waals surface area (Å²) in [5.41, 5.74) is 4.49. The van der Waals surface area contributed by atoms with E-state index in [-0.39, 0.29) is 5.91 Å². The molecule has 0 radical (unpaired) electrons. The lowest BCUT2D eigenvalue weighted by Crippen LogP contribution is -2.29. The number of aliphatic imine (C=N–C) groups is 1. The van der Waals surface area contributed by atoms with Crippen molar-refractivity contribution in [2.45, 2.75) is 20.3 Å². The minimum atomic E-state index is -0.267. The van der Waals surface area contributed by atoms with E-state index in [2.05, 4.69) is 21.4 Å². The van der Waals surface area contributed by atoms with Crippen molar-refractivity contribution < 1.29 is 4.79 Å². The maximum absolute atomic E-state index is 12.5. The third kappa shape index (κ3) is 3.23. The molecule has 5 heteroatoms. The van der Waals surface area contributed by atoms with Crippen LogP contribution in [0, 0.1) is 18.3 Å². The molecule has 0 fully saturated rings. The Hall–Kier alpha value is -3.26. The predicted octanol–water partition coefficient (Wildman–Crippen LogP) is 3.36.